The van der Waals surface area contributed by atoms with E-state index in [1.54, 1.807) is 20.3 Å². The van der Waals surface area contributed by atoms with Gasteiger partial charge in [-0.25, -0.2) is 4.98 Å². The molecule has 9 heteroatoms. The minimum absolute atomic E-state index is 0.188. The summed E-state index contributed by atoms with van der Waals surface area (Å²) in [5.41, 5.74) is 6.01. The minimum Gasteiger partial charge on any atom is -0.493 e. The fraction of sp³-hybridized carbons (Fsp3) is 0.231. The van der Waals surface area contributed by atoms with Gasteiger partial charge in [-0.3, -0.25) is 10.1 Å². The molecule has 0 bridgehead atoms. The van der Waals surface area contributed by atoms with Gasteiger partial charge < -0.3 is 20.5 Å². The molecule has 0 aliphatic carbocycles. The van der Waals surface area contributed by atoms with Crippen LogP contribution in [0.2, 0.25) is 0 Å². The number of nitro groups is 1. The zero-order valence-corrected chi connectivity index (χ0v) is 12.1. The molecular formula is C13H15N5O4. The van der Waals surface area contributed by atoms with Gasteiger partial charge in [0.2, 0.25) is 11.8 Å². The highest BCUT2D eigenvalue weighted by Crippen LogP contribution is 2.31. The topological polar surface area (TPSA) is 125 Å². The van der Waals surface area contributed by atoms with Gasteiger partial charge in [-0.15, -0.1) is 0 Å². The molecule has 3 N–H and O–H groups in total. The Morgan fingerprint density at radius 2 is 2.14 bits per heavy atom. The van der Waals surface area contributed by atoms with Crippen LogP contribution in [-0.4, -0.2) is 29.1 Å². The van der Waals surface area contributed by atoms with E-state index >= 15 is 0 Å². The van der Waals surface area contributed by atoms with Gasteiger partial charge in [-0.05, 0) is 6.07 Å². The van der Waals surface area contributed by atoms with Crippen LogP contribution in [0, 0.1) is 10.1 Å². The lowest BCUT2D eigenvalue weighted by atomic mass is 10.2. The standard InChI is InChI=1S/C13H15N5O4/c1-21-10-5-3-4-8(11(10)22-2)6-15-13-16-7-9(18(19)20)12(14)17-13/h3-5,7H,6H2,1-2H3,(H3,14,15,16,17). The van der Waals surface area contributed by atoms with Crippen molar-refractivity contribution in [1.29, 1.82) is 0 Å². The normalized spacial score (nSPS) is 10.1. The SMILES string of the molecule is COc1cccc(CNc2ncc([N+](=O)[O-])c(N)n2)c1OC. The largest absolute Gasteiger partial charge is 0.493 e. The first-order valence-corrected chi connectivity index (χ1v) is 6.27. The van der Waals surface area contributed by atoms with E-state index in [0.717, 1.165) is 11.8 Å². The van der Waals surface area contributed by atoms with Crippen LogP contribution in [0.3, 0.4) is 0 Å². The predicted octanol–water partition coefficient (Wildman–Crippen LogP) is 1.60. The van der Waals surface area contributed by atoms with Crippen molar-refractivity contribution in [2.45, 2.75) is 6.54 Å². The average molecular weight is 305 g/mol. The van der Waals surface area contributed by atoms with Gasteiger partial charge in [0.1, 0.15) is 6.20 Å². The van der Waals surface area contributed by atoms with Crippen LogP contribution in [0.4, 0.5) is 17.5 Å². The first kappa shape index (κ1) is 15.3. The van der Waals surface area contributed by atoms with Crippen LogP contribution in [0.15, 0.2) is 24.4 Å². The van der Waals surface area contributed by atoms with E-state index in [1.807, 2.05) is 12.1 Å². The van der Waals surface area contributed by atoms with Gasteiger partial charge in [0.25, 0.3) is 0 Å². The van der Waals surface area contributed by atoms with Crippen molar-refractivity contribution < 1.29 is 14.4 Å². The van der Waals surface area contributed by atoms with Crippen LogP contribution in [-0.2, 0) is 6.54 Å². The molecule has 1 aromatic heterocycles. The zero-order valence-electron chi connectivity index (χ0n) is 12.1. The molecule has 0 atom stereocenters. The summed E-state index contributed by atoms with van der Waals surface area (Å²) in [7, 11) is 3.09. The average Bonchev–Trinajstić information content (AvgIpc) is 2.51. The number of hydrogen-bond donors (Lipinski definition) is 2. The molecule has 0 saturated carbocycles. The summed E-state index contributed by atoms with van der Waals surface area (Å²) in [4.78, 5) is 17.7. The molecule has 2 aromatic rings. The minimum atomic E-state index is -0.635. The molecule has 0 fully saturated rings. The summed E-state index contributed by atoms with van der Waals surface area (Å²) in [6, 6.07) is 5.45. The highest BCUT2D eigenvalue weighted by atomic mass is 16.6. The Hall–Kier alpha value is -3.10. The van der Waals surface area contributed by atoms with Gasteiger partial charge in [0.05, 0.1) is 19.1 Å². The second-order valence-electron chi connectivity index (χ2n) is 4.23. The zero-order chi connectivity index (χ0) is 16.1. The number of hydrogen-bond acceptors (Lipinski definition) is 8. The Balaban J connectivity index is 2.17. The lowest BCUT2D eigenvalue weighted by Crippen LogP contribution is -2.08. The van der Waals surface area contributed by atoms with Crippen molar-refractivity contribution in [3.63, 3.8) is 0 Å². The van der Waals surface area contributed by atoms with E-state index < -0.39 is 4.92 Å². The van der Waals surface area contributed by atoms with Crippen LogP contribution >= 0.6 is 0 Å². The third-order valence-electron chi connectivity index (χ3n) is 2.92. The second kappa shape index (κ2) is 6.57. The number of rotatable bonds is 6. The Bertz CT molecular complexity index is 692. The van der Waals surface area contributed by atoms with Gasteiger partial charge >= 0.3 is 5.69 Å². The first-order valence-electron chi connectivity index (χ1n) is 6.27. The Labute approximate surface area is 126 Å². The molecule has 0 saturated heterocycles. The van der Waals surface area contributed by atoms with Gasteiger partial charge in [0, 0.05) is 12.1 Å². The van der Waals surface area contributed by atoms with Crippen molar-refractivity contribution in [3.8, 4) is 11.5 Å². The summed E-state index contributed by atoms with van der Waals surface area (Å²) in [5.74, 6) is 1.19. The highest BCUT2D eigenvalue weighted by molar-refractivity contribution is 5.54. The van der Waals surface area contributed by atoms with E-state index in [-0.39, 0.29) is 17.5 Å². The maximum absolute atomic E-state index is 10.7. The molecule has 22 heavy (non-hydrogen) atoms. The number of anilines is 2. The van der Waals surface area contributed by atoms with E-state index in [2.05, 4.69) is 15.3 Å². The molecule has 0 unspecified atom stereocenters. The quantitative estimate of drug-likeness (QED) is 0.608. The van der Waals surface area contributed by atoms with Gasteiger partial charge in [-0.1, -0.05) is 12.1 Å². The number of benzene rings is 1. The van der Waals surface area contributed by atoms with Crippen molar-refractivity contribution in [1.82, 2.24) is 9.97 Å². The van der Waals surface area contributed by atoms with E-state index in [4.69, 9.17) is 15.2 Å². The maximum Gasteiger partial charge on any atom is 0.329 e. The number of nitrogen functional groups attached to an aromatic ring is 1. The van der Waals surface area contributed by atoms with Crippen LogP contribution in [0.5, 0.6) is 11.5 Å². The van der Waals surface area contributed by atoms with Crippen LogP contribution in [0.25, 0.3) is 0 Å². The second-order valence-corrected chi connectivity index (χ2v) is 4.23. The summed E-state index contributed by atoms with van der Waals surface area (Å²) < 4.78 is 10.5. The number of methoxy groups -OCH3 is 2. The number of ether oxygens (including phenoxy) is 2. The number of nitrogens with two attached hydrogens (primary N) is 1. The molecule has 0 aliphatic heterocycles. The fourth-order valence-corrected chi connectivity index (χ4v) is 1.88. The van der Waals surface area contributed by atoms with Crippen LogP contribution in [0.1, 0.15) is 5.56 Å². The Morgan fingerprint density at radius 1 is 1.36 bits per heavy atom. The third kappa shape index (κ3) is 3.14. The lowest BCUT2D eigenvalue weighted by Gasteiger charge is -2.13. The smallest absolute Gasteiger partial charge is 0.329 e. The number of nitrogens with zero attached hydrogens (tertiary/aromatic N) is 3. The third-order valence-corrected chi connectivity index (χ3v) is 2.92. The lowest BCUT2D eigenvalue weighted by molar-refractivity contribution is -0.384. The fourth-order valence-electron chi connectivity index (χ4n) is 1.88. The van der Waals surface area contributed by atoms with E-state index in [0.29, 0.717) is 18.0 Å². The molecule has 0 amide bonds. The van der Waals surface area contributed by atoms with Gasteiger partial charge in [-0.2, -0.15) is 4.98 Å². The summed E-state index contributed by atoms with van der Waals surface area (Å²) in [5, 5.41) is 13.6. The molecule has 1 aromatic carbocycles. The monoisotopic (exact) mass is 305 g/mol. The summed E-state index contributed by atoms with van der Waals surface area (Å²) in [6.45, 7) is 0.345. The van der Waals surface area contributed by atoms with E-state index in [9.17, 15) is 10.1 Å². The van der Waals surface area contributed by atoms with Gasteiger partial charge in [0.15, 0.2) is 11.5 Å². The number of nitrogens with one attached hydrogen (secondary N) is 1. The Kier molecular flexibility index (Phi) is 4.57. The summed E-state index contributed by atoms with van der Waals surface area (Å²) in [6.07, 6.45) is 1.06. The Morgan fingerprint density at radius 3 is 2.73 bits per heavy atom. The molecule has 0 radical (unpaired) electrons. The summed E-state index contributed by atoms with van der Waals surface area (Å²) >= 11 is 0. The maximum atomic E-state index is 10.7. The number of para-hydroxylation sites is 1. The molecule has 0 spiro atoms. The van der Waals surface area contributed by atoms with Crippen molar-refractivity contribution in [3.05, 3.63) is 40.1 Å². The molecule has 116 valence electrons. The van der Waals surface area contributed by atoms with Crippen molar-refractivity contribution in [2.24, 2.45) is 0 Å². The van der Waals surface area contributed by atoms with Crippen LogP contribution < -0.4 is 20.5 Å². The number of aromatic nitrogens is 2. The highest BCUT2D eigenvalue weighted by Gasteiger charge is 2.15. The molecule has 2 rings (SSSR count). The van der Waals surface area contributed by atoms with Crippen molar-refractivity contribution >= 4 is 17.5 Å². The molecular weight excluding hydrogens is 290 g/mol. The molecule has 9 nitrogen and oxygen atoms in total. The molecule has 0 aliphatic rings. The predicted molar refractivity (Wildman–Crippen MR) is 80.0 cm³/mol. The van der Waals surface area contributed by atoms with E-state index in [1.165, 1.54) is 0 Å². The molecule has 1 heterocycles. The first-order chi connectivity index (χ1) is 10.6. The van der Waals surface area contributed by atoms with Crippen molar-refractivity contribution in [2.75, 3.05) is 25.3 Å².